The number of nitrogens with zero attached hydrogens (tertiary/aromatic N) is 2. The molecule has 2 aliphatic heterocycles. The SMILES string of the molecule is CCCCN1C(=O)C(c2ccc(Cl)cc2)=C(N2CCCC(CO)C2)C1=O. The Morgan fingerprint density at radius 3 is 2.58 bits per heavy atom. The molecule has 6 heteroatoms. The summed E-state index contributed by atoms with van der Waals surface area (Å²) in [6.45, 7) is 3.90. The van der Waals surface area contributed by atoms with Crippen LogP contribution in [-0.2, 0) is 9.59 Å². The van der Waals surface area contributed by atoms with Crippen LogP contribution in [0.2, 0.25) is 5.02 Å². The number of benzene rings is 1. The summed E-state index contributed by atoms with van der Waals surface area (Å²) in [5.41, 5.74) is 1.65. The summed E-state index contributed by atoms with van der Waals surface area (Å²) in [5, 5.41) is 10.1. The predicted octanol–water partition coefficient (Wildman–Crippen LogP) is 2.92. The van der Waals surface area contributed by atoms with E-state index in [1.54, 1.807) is 24.3 Å². The number of rotatable bonds is 6. The lowest BCUT2D eigenvalue weighted by molar-refractivity contribution is -0.137. The highest BCUT2D eigenvalue weighted by Crippen LogP contribution is 2.34. The molecule has 0 aromatic heterocycles. The van der Waals surface area contributed by atoms with Crippen LogP contribution in [0.5, 0.6) is 0 Å². The van der Waals surface area contributed by atoms with Gasteiger partial charge in [0.25, 0.3) is 11.8 Å². The van der Waals surface area contributed by atoms with Crippen molar-refractivity contribution in [3.05, 3.63) is 40.5 Å². The van der Waals surface area contributed by atoms with Gasteiger partial charge in [-0.25, -0.2) is 0 Å². The Bertz CT molecular complexity index is 714. The first-order valence-corrected chi connectivity index (χ1v) is 9.66. The van der Waals surface area contributed by atoms with Crippen molar-refractivity contribution in [2.75, 3.05) is 26.2 Å². The Hall–Kier alpha value is -1.85. The van der Waals surface area contributed by atoms with Crippen molar-refractivity contribution in [3.63, 3.8) is 0 Å². The Labute approximate surface area is 159 Å². The minimum atomic E-state index is -0.230. The van der Waals surface area contributed by atoms with E-state index in [0.717, 1.165) is 32.2 Å². The van der Waals surface area contributed by atoms with Crippen LogP contribution in [0, 0.1) is 5.92 Å². The average Bonchev–Trinajstić information content (AvgIpc) is 2.91. The van der Waals surface area contributed by atoms with E-state index in [1.165, 1.54) is 4.90 Å². The molecule has 1 unspecified atom stereocenters. The summed E-state index contributed by atoms with van der Waals surface area (Å²) in [4.78, 5) is 29.5. The topological polar surface area (TPSA) is 60.9 Å². The van der Waals surface area contributed by atoms with Crippen molar-refractivity contribution in [1.29, 1.82) is 0 Å². The average molecular weight is 377 g/mol. The first kappa shape index (κ1) is 18.9. The largest absolute Gasteiger partial charge is 0.396 e. The van der Waals surface area contributed by atoms with Crippen molar-refractivity contribution in [2.24, 2.45) is 5.92 Å². The fourth-order valence-electron chi connectivity index (χ4n) is 3.67. The number of likely N-dealkylation sites (tertiary alicyclic amines) is 1. The summed E-state index contributed by atoms with van der Waals surface area (Å²) >= 11 is 5.99. The van der Waals surface area contributed by atoms with Crippen LogP contribution in [0.25, 0.3) is 5.57 Å². The van der Waals surface area contributed by atoms with Gasteiger partial charge in [0.1, 0.15) is 5.70 Å². The number of amides is 2. The van der Waals surface area contributed by atoms with Crippen molar-refractivity contribution in [2.45, 2.75) is 32.6 Å². The number of hydrogen-bond donors (Lipinski definition) is 1. The van der Waals surface area contributed by atoms with Crippen LogP contribution in [0.4, 0.5) is 0 Å². The molecule has 1 N–H and O–H groups in total. The fourth-order valence-corrected chi connectivity index (χ4v) is 3.80. The number of imide groups is 1. The highest BCUT2D eigenvalue weighted by atomic mass is 35.5. The number of carbonyl (C=O) groups excluding carboxylic acids is 2. The summed E-state index contributed by atoms with van der Waals surface area (Å²) in [6.07, 6.45) is 3.55. The maximum Gasteiger partial charge on any atom is 0.277 e. The van der Waals surface area contributed by atoms with Gasteiger partial charge in [-0.2, -0.15) is 0 Å². The summed E-state index contributed by atoms with van der Waals surface area (Å²) in [7, 11) is 0. The molecular weight excluding hydrogens is 352 g/mol. The van der Waals surface area contributed by atoms with Gasteiger partial charge in [-0.05, 0) is 42.9 Å². The number of aliphatic hydroxyl groups excluding tert-OH is 1. The Balaban J connectivity index is 2.01. The zero-order valence-electron chi connectivity index (χ0n) is 15.1. The molecule has 1 fully saturated rings. The van der Waals surface area contributed by atoms with Crippen molar-refractivity contribution >= 4 is 29.0 Å². The van der Waals surface area contributed by atoms with Crippen LogP contribution < -0.4 is 0 Å². The smallest absolute Gasteiger partial charge is 0.277 e. The normalized spacial score (nSPS) is 21.1. The number of carbonyl (C=O) groups is 2. The second-order valence-electron chi connectivity index (χ2n) is 6.98. The lowest BCUT2D eigenvalue weighted by atomic mass is 9.97. The molecule has 0 radical (unpaired) electrons. The molecule has 26 heavy (non-hydrogen) atoms. The molecule has 1 aromatic rings. The number of halogens is 1. The molecular formula is C20H25ClN2O3. The lowest BCUT2D eigenvalue weighted by Crippen LogP contribution is -2.40. The highest BCUT2D eigenvalue weighted by Gasteiger charge is 2.42. The van der Waals surface area contributed by atoms with Gasteiger partial charge < -0.3 is 10.0 Å². The molecule has 2 amide bonds. The molecule has 1 atom stereocenters. The van der Waals surface area contributed by atoms with Gasteiger partial charge in [0.15, 0.2) is 0 Å². The molecule has 0 bridgehead atoms. The summed E-state index contributed by atoms with van der Waals surface area (Å²) < 4.78 is 0. The van der Waals surface area contributed by atoms with Gasteiger partial charge in [0.2, 0.25) is 0 Å². The van der Waals surface area contributed by atoms with E-state index in [2.05, 4.69) is 0 Å². The molecule has 5 nitrogen and oxygen atoms in total. The second kappa shape index (κ2) is 8.23. The van der Waals surface area contributed by atoms with Crippen LogP contribution in [0.15, 0.2) is 30.0 Å². The molecule has 0 saturated carbocycles. The van der Waals surface area contributed by atoms with Crippen molar-refractivity contribution in [1.82, 2.24) is 9.80 Å². The summed E-state index contributed by atoms with van der Waals surface area (Å²) in [5.74, 6) is -0.311. The number of unbranched alkanes of at least 4 members (excludes halogenated alkanes) is 1. The first-order chi connectivity index (χ1) is 12.6. The zero-order chi connectivity index (χ0) is 18.7. The van der Waals surface area contributed by atoms with Crippen LogP contribution in [0.3, 0.4) is 0 Å². The van der Waals surface area contributed by atoms with Crippen LogP contribution in [0.1, 0.15) is 38.2 Å². The van der Waals surface area contributed by atoms with E-state index in [4.69, 9.17) is 11.6 Å². The predicted molar refractivity (Wildman–Crippen MR) is 101 cm³/mol. The molecule has 1 saturated heterocycles. The number of piperidine rings is 1. The quantitative estimate of drug-likeness (QED) is 0.775. The third-order valence-electron chi connectivity index (χ3n) is 5.11. The van der Waals surface area contributed by atoms with E-state index in [1.807, 2.05) is 11.8 Å². The van der Waals surface area contributed by atoms with Gasteiger partial charge in [-0.1, -0.05) is 37.1 Å². The minimum Gasteiger partial charge on any atom is -0.396 e. The van der Waals surface area contributed by atoms with E-state index >= 15 is 0 Å². The molecule has 3 rings (SSSR count). The Kier molecular flexibility index (Phi) is 5.99. The van der Waals surface area contributed by atoms with Crippen molar-refractivity contribution in [3.8, 4) is 0 Å². The van der Waals surface area contributed by atoms with Crippen LogP contribution >= 0.6 is 11.6 Å². The van der Waals surface area contributed by atoms with Gasteiger partial charge >= 0.3 is 0 Å². The maximum atomic E-state index is 13.1. The lowest BCUT2D eigenvalue weighted by Gasteiger charge is -2.34. The van der Waals surface area contributed by atoms with Gasteiger partial charge in [-0.3, -0.25) is 14.5 Å². The molecule has 2 heterocycles. The third kappa shape index (κ3) is 3.64. The van der Waals surface area contributed by atoms with E-state index in [-0.39, 0.29) is 24.3 Å². The van der Waals surface area contributed by atoms with Crippen molar-refractivity contribution < 1.29 is 14.7 Å². The molecule has 1 aromatic carbocycles. The molecule has 0 aliphatic carbocycles. The first-order valence-electron chi connectivity index (χ1n) is 9.29. The fraction of sp³-hybridized carbons (Fsp3) is 0.500. The third-order valence-corrected chi connectivity index (χ3v) is 5.36. The standard InChI is InChI=1S/C20H25ClN2O3/c1-2-3-11-23-19(25)17(15-6-8-16(21)9-7-15)18(20(23)26)22-10-4-5-14(12-22)13-24/h6-9,14,24H,2-5,10-13H2,1H3. The van der Waals surface area contributed by atoms with Gasteiger partial charge in [0.05, 0.1) is 5.57 Å². The maximum absolute atomic E-state index is 13.1. The Morgan fingerprint density at radius 2 is 1.92 bits per heavy atom. The van der Waals surface area contributed by atoms with E-state index in [9.17, 15) is 14.7 Å². The molecule has 140 valence electrons. The zero-order valence-corrected chi connectivity index (χ0v) is 15.8. The number of hydrogen-bond acceptors (Lipinski definition) is 4. The van der Waals surface area contributed by atoms with Gasteiger partial charge in [0, 0.05) is 31.3 Å². The Morgan fingerprint density at radius 1 is 1.19 bits per heavy atom. The van der Waals surface area contributed by atoms with E-state index in [0.29, 0.717) is 34.9 Å². The van der Waals surface area contributed by atoms with Crippen LogP contribution in [-0.4, -0.2) is 53.0 Å². The molecule has 0 spiro atoms. The highest BCUT2D eigenvalue weighted by molar-refractivity contribution is 6.36. The molecule has 2 aliphatic rings. The summed E-state index contributed by atoms with van der Waals surface area (Å²) in [6, 6.07) is 7.06. The minimum absolute atomic E-state index is 0.0990. The monoisotopic (exact) mass is 376 g/mol. The van der Waals surface area contributed by atoms with Gasteiger partial charge in [-0.15, -0.1) is 0 Å². The van der Waals surface area contributed by atoms with E-state index < -0.39 is 0 Å². The number of aliphatic hydroxyl groups is 1. The second-order valence-corrected chi connectivity index (χ2v) is 7.42.